The number of hydrogen-bond donors (Lipinski definition) is 1. The summed E-state index contributed by atoms with van der Waals surface area (Å²) in [6.45, 7) is 4.19. The summed E-state index contributed by atoms with van der Waals surface area (Å²) in [5, 5.41) is 7.61. The van der Waals surface area contributed by atoms with E-state index < -0.39 is 0 Å². The van der Waals surface area contributed by atoms with Crippen molar-refractivity contribution < 1.29 is 0 Å². The van der Waals surface area contributed by atoms with Crippen LogP contribution in [0.2, 0.25) is 0 Å². The lowest BCUT2D eigenvalue weighted by Gasteiger charge is -2.34. The minimum atomic E-state index is 0.802. The molecule has 6 heteroatoms. The number of nitrogens with zero attached hydrogens (tertiary/aromatic N) is 5. The molecule has 3 rings (SSSR count). The average Bonchev–Trinajstić information content (AvgIpc) is 2.94. The Bertz CT molecular complexity index is 542. The number of nitrogen functional groups attached to an aromatic ring is 1. The highest BCUT2D eigenvalue weighted by molar-refractivity contribution is 5.70. The molecule has 1 saturated heterocycles. The summed E-state index contributed by atoms with van der Waals surface area (Å²) in [7, 11) is 2.15. The minimum absolute atomic E-state index is 0.802. The van der Waals surface area contributed by atoms with Crippen LogP contribution in [0, 0.1) is 0 Å². The van der Waals surface area contributed by atoms with Crippen molar-refractivity contribution in [2.45, 2.75) is 0 Å². The molecule has 2 heterocycles. The van der Waals surface area contributed by atoms with Gasteiger partial charge in [0.25, 0.3) is 0 Å². The lowest BCUT2D eigenvalue weighted by Crippen LogP contribution is -2.44. The third-order valence-electron chi connectivity index (χ3n) is 3.57. The second-order valence-corrected chi connectivity index (χ2v) is 4.90. The Hall–Kier alpha value is -2.08. The normalized spacial score (nSPS) is 16.8. The van der Waals surface area contributed by atoms with Crippen molar-refractivity contribution in [2.24, 2.45) is 0 Å². The van der Waals surface area contributed by atoms with Crippen LogP contribution in [0.4, 0.5) is 11.4 Å². The molecule has 0 spiro atoms. The summed E-state index contributed by atoms with van der Waals surface area (Å²) in [5.74, 6) is 0. The first kappa shape index (κ1) is 12.0. The summed E-state index contributed by atoms with van der Waals surface area (Å²) >= 11 is 0. The average molecular weight is 258 g/mol. The summed E-state index contributed by atoms with van der Waals surface area (Å²) in [4.78, 5) is 4.67. The fraction of sp³-hybridized carbons (Fsp3) is 0.385. The lowest BCUT2D eigenvalue weighted by atomic mass is 10.2. The Balaban J connectivity index is 1.84. The molecule has 2 aromatic rings. The number of aromatic nitrogens is 3. The van der Waals surface area contributed by atoms with Crippen molar-refractivity contribution in [1.82, 2.24) is 19.7 Å². The van der Waals surface area contributed by atoms with E-state index in [1.54, 1.807) is 12.7 Å². The maximum absolute atomic E-state index is 6.18. The van der Waals surface area contributed by atoms with E-state index in [4.69, 9.17) is 5.73 Å². The first-order valence-electron chi connectivity index (χ1n) is 6.42. The van der Waals surface area contributed by atoms with Gasteiger partial charge < -0.3 is 15.5 Å². The van der Waals surface area contributed by atoms with Gasteiger partial charge in [-0.2, -0.15) is 0 Å². The van der Waals surface area contributed by atoms with E-state index in [-0.39, 0.29) is 0 Å². The van der Waals surface area contributed by atoms with E-state index in [9.17, 15) is 0 Å². The van der Waals surface area contributed by atoms with Crippen molar-refractivity contribution >= 4 is 11.4 Å². The zero-order valence-electron chi connectivity index (χ0n) is 11.0. The first-order chi connectivity index (χ1) is 9.24. The predicted molar refractivity (Wildman–Crippen MR) is 75.5 cm³/mol. The number of likely N-dealkylation sites (N-methyl/N-ethyl adjacent to an activating group) is 1. The van der Waals surface area contributed by atoms with Gasteiger partial charge in [0.2, 0.25) is 0 Å². The largest absolute Gasteiger partial charge is 0.397 e. The third kappa shape index (κ3) is 2.39. The molecule has 1 aliphatic heterocycles. The fourth-order valence-corrected chi connectivity index (χ4v) is 2.37. The van der Waals surface area contributed by atoms with Crippen LogP contribution in [0.1, 0.15) is 0 Å². The van der Waals surface area contributed by atoms with Crippen LogP contribution >= 0.6 is 0 Å². The van der Waals surface area contributed by atoms with Crippen LogP contribution in [-0.4, -0.2) is 52.9 Å². The molecule has 1 aliphatic rings. The zero-order chi connectivity index (χ0) is 13.2. The smallest absolute Gasteiger partial charge is 0.123 e. The molecule has 6 nitrogen and oxygen atoms in total. The van der Waals surface area contributed by atoms with Crippen molar-refractivity contribution in [3.8, 4) is 5.69 Å². The van der Waals surface area contributed by atoms with Gasteiger partial charge in [-0.15, -0.1) is 10.2 Å². The molecule has 0 radical (unpaired) electrons. The molecule has 19 heavy (non-hydrogen) atoms. The number of piperazine rings is 1. The Morgan fingerprint density at radius 2 is 1.74 bits per heavy atom. The van der Waals surface area contributed by atoms with Gasteiger partial charge in [0, 0.05) is 26.2 Å². The van der Waals surface area contributed by atoms with Gasteiger partial charge >= 0.3 is 0 Å². The zero-order valence-corrected chi connectivity index (χ0v) is 11.0. The molecule has 0 aliphatic carbocycles. The quantitative estimate of drug-likeness (QED) is 0.799. The van der Waals surface area contributed by atoms with Crippen molar-refractivity contribution in [1.29, 1.82) is 0 Å². The Labute approximate surface area is 112 Å². The van der Waals surface area contributed by atoms with E-state index in [1.807, 2.05) is 16.7 Å². The molecular formula is C13H18N6. The Morgan fingerprint density at radius 3 is 2.37 bits per heavy atom. The highest BCUT2D eigenvalue weighted by atomic mass is 15.3. The second kappa shape index (κ2) is 4.89. The van der Waals surface area contributed by atoms with Crippen molar-refractivity contribution in [3.63, 3.8) is 0 Å². The minimum Gasteiger partial charge on any atom is -0.397 e. The van der Waals surface area contributed by atoms with Crippen LogP contribution in [-0.2, 0) is 0 Å². The monoisotopic (exact) mass is 258 g/mol. The van der Waals surface area contributed by atoms with Gasteiger partial charge in [0.15, 0.2) is 0 Å². The van der Waals surface area contributed by atoms with E-state index in [2.05, 4.69) is 33.1 Å². The summed E-state index contributed by atoms with van der Waals surface area (Å²) < 4.78 is 1.85. The van der Waals surface area contributed by atoms with Crippen LogP contribution in [0.3, 0.4) is 0 Å². The topological polar surface area (TPSA) is 63.2 Å². The highest BCUT2D eigenvalue weighted by Gasteiger charge is 2.16. The van der Waals surface area contributed by atoms with Crippen LogP contribution in [0.15, 0.2) is 30.9 Å². The lowest BCUT2D eigenvalue weighted by molar-refractivity contribution is 0.313. The number of nitrogens with two attached hydrogens (primary N) is 1. The van der Waals surface area contributed by atoms with Gasteiger partial charge in [-0.1, -0.05) is 0 Å². The van der Waals surface area contributed by atoms with E-state index in [1.165, 1.54) is 0 Å². The van der Waals surface area contributed by atoms with Gasteiger partial charge in [-0.25, -0.2) is 0 Å². The molecule has 0 saturated carbocycles. The standard InChI is InChI=1S/C13H18N6/c1-17-4-6-18(7-5-17)13-3-2-11(8-12(13)14)19-9-15-16-10-19/h2-3,8-10H,4-7,14H2,1H3. The SMILES string of the molecule is CN1CCN(c2ccc(-n3cnnc3)cc2N)CC1. The van der Waals surface area contributed by atoms with Gasteiger partial charge in [0.05, 0.1) is 17.1 Å². The molecular weight excluding hydrogens is 240 g/mol. The maximum atomic E-state index is 6.18. The molecule has 100 valence electrons. The summed E-state index contributed by atoms with van der Waals surface area (Å²) in [6, 6.07) is 6.10. The van der Waals surface area contributed by atoms with Gasteiger partial charge in [-0.05, 0) is 25.2 Å². The summed E-state index contributed by atoms with van der Waals surface area (Å²) in [5.41, 5.74) is 9.09. The molecule has 2 N–H and O–H groups in total. The molecule has 0 amide bonds. The molecule has 0 atom stereocenters. The number of rotatable bonds is 2. The molecule has 0 bridgehead atoms. The van der Waals surface area contributed by atoms with Crippen molar-refractivity contribution in [3.05, 3.63) is 30.9 Å². The third-order valence-corrected chi connectivity index (χ3v) is 3.57. The molecule has 1 fully saturated rings. The predicted octanol–water partition coefficient (Wildman–Crippen LogP) is 0.601. The van der Waals surface area contributed by atoms with Crippen LogP contribution in [0.25, 0.3) is 5.69 Å². The first-order valence-corrected chi connectivity index (χ1v) is 6.42. The van der Waals surface area contributed by atoms with Crippen molar-refractivity contribution in [2.75, 3.05) is 43.9 Å². The van der Waals surface area contributed by atoms with E-state index in [0.29, 0.717) is 0 Å². The van der Waals surface area contributed by atoms with E-state index in [0.717, 1.165) is 43.2 Å². The Kier molecular flexibility index (Phi) is 3.08. The second-order valence-electron chi connectivity index (χ2n) is 4.90. The number of hydrogen-bond acceptors (Lipinski definition) is 5. The van der Waals surface area contributed by atoms with Crippen LogP contribution in [0.5, 0.6) is 0 Å². The van der Waals surface area contributed by atoms with Crippen LogP contribution < -0.4 is 10.6 Å². The Morgan fingerprint density at radius 1 is 1.05 bits per heavy atom. The maximum Gasteiger partial charge on any atom is 0.123 e. The van der Waals surface area contributed by atoms with E-state index >= 15 is 0 Å². The number of benzene rings is 1. The van der Waals surface area contributed by atoms with Gasteiger partial charge in [-0.3, -0.25) is 4.57 Å². The molecule has 0 unspecified atom stereocenters. The van der Waals surface area contributed by atoms with Gasteiger partial charge in [0.1, 0.15) is 12.7 Å². The molecule has 1 aromatic heterocycles. The highest BCUT2D eigenvalue weighted by Crippen LogP contribution is 2.26. The fourth-order valence-electron chi connectivity index (χ4n) is 2.37. The number of anilines is 2. The summed E-state index contributed by atoms with van der Waals surface area (Å²) in [6.07, 6.45) is 3.34. The molecule has 1 aromatic carbocycles.